The molecule has 0 fully saturated rings. The van der Waals surface area contributed by atoms with Crippen LogP contribution in [0.5, 0.6) is 5.75 Å². The van der Waals surface area contributed by atoms with Gasteiger partial charge in [-0.1, -0.05) is 36.4 Å². The van der Waals surface area contributed by atoms with Crippen LogP contribution in [0.25, 0.3) is 11.1 Å². The molecule has 0 atom stereocenters. The van der Waals surface area contributed by atoms with Gasteiger partial charge in [0.25, 0.3) is 0 Å². The molecule has 36 heavy (non-hydrogen) atoms. The van der Waals surface area contributed by atoms with Gasteiger partial charge in [0.15, 0.2) is 0 Å². The molecule has 0 aliphatic carbocycles. The largest absolute Gasteiger partial charge is 0.487 e. The Labute approximate surface area is 208 Å². The maximum absolute atomic E-state index is 12.6. The summed E-state index contributed by atoms with van der Waals surface area (Å²) in [5.41, 5.74) is 6.73. The van der Waals surface area contributed by atoms with E-state index in [2.05, 4.69) is 39.8 Å². The van der Waals surface area contributed by atoms with Crippen LogP contribution in [0, 0.1) is 0 Å². The lowest BCUT2D eigenvalue weighted by atomic mass is 9.81. The molecule has 5 rings (SSSR count). The van der Waals surface area contributed by atoms with Gasteiger partial charge in [-0.25, -0.2) is 0 Å². The Morgan fingerprint density at radius 2 is 1.61 bits per heavy atom. The maximum Gasteiger partial charge on any atom is 0.471 e. The van der Waals surface area contributed by atoms with Gasteiger partial charge in [-0.2, -0.15) is 13.2 Å². The highest BCUT2D eigenvalue weighted by atomic mass is 19.4. The zero-order valence-corrected chi connectivity index (χ0v) is 20.6. The molecular formula is C29H27F3N2O2. The van der Waals surface area contributed by atoms with Crippen LogP contribution in [0.1, 0.15) is 49.9 Å². The van der Waals surface area contributed by atoms with Crippen molar-refractivity contribution >= 4 is 17.3 Å². The fourth-order valence-electron chi connectivity index (χ4n) is 5.02. The van der Waals surface area contributed by atoms with E-state index in [4.69, 9.17) is 9.73 Å². The van der Waals surface area contributed by atoms with E-state index in [1.807, 2.05) is 29.6 Å². The average molecular weight is 493 g/mol. The van der Waals surface area contributed by atoms with Crippen LogP contribution >= 0.6 is 0 Å². The highest BCUT2D eigenvalue weighted by Gasteiger charge is 2.39. The van der Waals surface area contributed by atoms with E-state index in [1.54, 1.807) is 12.1 Å². The van der Waals surface area contributed by atoms with E-state index in [-0.39, 0.29) is 16.8 Å². The van der Waals surface area contributed by atoms with Crippen molar-refractivity contribution in [3.63, 3.8) is 0 Å². The van der Waals surface area contributed by atoms with Crippen LogP contribution < -0.4 is 10.1 Å². The number of rotatable bonds is 3. The van der Waals surface area contributed by atoms with Crippen LogP contribution in [0.2, 0.25) is 0 Å². The van der Waals surface area contributed by atoms with Gasteiger partial charge in [0.05, 0.1) is 11.3 Å². The first-order chi connectivity index (χ1) is 16.8. The summed E-state index contributed by atoms with van der Waals surface area (Å²) >= 11 is 0. The second-order valence-corrected chi connectivity index (χ2v) is 10.7. The van der Waals surface area contributed by atoms with Gasteiger partial charge in [0.2, 0.25) is 0 Å². The van der Waals surface area contributed by atoms with Crippen LogP contribution in [0.15, 0.2) is 65.7 Å². The number of nitrogens with zero attached hydrogens (tertiary/aromatic N) is 1. The van der Waals surface area contributed by atoms with E-state index in [1.165, 1.54) is 23.3 Å². The number of anilines is 1. The summed E-state index contributed by atoms with van der Waals surface area (Å²) in [6.07, 6.45) is -3.29. The number of carbonyl (C=O) groups excluding carboxylic acids is 1. The number of halogens is 3. The van der Waals surface area contributed by atoms with Crippen molar-refractivity contribution in [1.29, 1.82) is 0 Å². The van der Waals surface area contributed by atoms with Gasteiger partial charge in [-0.3, -0.25) is 9.79 Å². The minimum absolute atomic E-state index is 0.0859. The number of aliphatic imine (C=N–C) groups is 1. The first-order valence-corrected chi connectivity index (χ1v) is 11.8. The van der Waals surface area contributed by atoms with E-state index in [0.29, 0.717) is 0 Å². The number of hydrogen-bond donors (Lipinski definition) is 1. The molecule has 2 aliphatic rings. The first-order valence-electron chi connectivity index (χ1n) is 11.8. The summed E-state index contributed by atoms with van der Waals surface area (Å²) in [5, 5.41) is 1.88. The maximum atomic E-state index is 12.6. The third-order valence-electron chi connectivity index (χ3n) is 6.49. The highest BCUT2D eigenvalue weighted by Crippen LogP contribution is 2.42. The molecule has 7 heteroatoms. The molecule has 0 radical (unpaired) electrons. The second kappa shape index (κ2) is 8.22. The molecule has 2 heterocycles. The summed E-state index contributed by atoms with van der Waals surface area (Å²) in [6, 6.07) is 18.5. The molecule has 0 saturated carbocycles. The Morgan fingerprint density at radius 3 is 2.31 bits per heavy atom. The second-order valence-electron chi connectivity index (χ2n) is 10.7. The smallest absolute Gasteiger partial charge is 0.471 e. The van der Waals surface area contributed by atoms with E-state index >= 15 is 0 Å². The Morgan fingerprint density at radius 1 is 0.917 bits per heavy atom. The predicted molar refractivity (Wildman–Crippen MR) is 135 cm³/mol. The predicted octanol–water partition coefficient (Wildman–Crippen LogP) is 6.74. The molecule has 4 nitrogen and oxygen atoms in total. The SMILES string of the molecule is CC1(C)Cc2ccc3c(c2C(c2cccc(-c4ccc(NC(=O)C(F)(F)F)cc4)c2)=N1)CC(C)(C)O3. The molecule has 1 N–H and O–H groups in total. The minimum atomic E-state index is -4.93. The normalized spacial score (nSPS) is 17.5. The first kappa shape index (κ1) is 24.1. The van der Waals surface area contributed by atoms with Gasteiger partial charge < -0.3 is 10.1 Å². The fourth-order valence-corrected chi connectivity index (χ4v) is 5.02. The molecule has 1 amide bonds. The molecule has 3 aromatic carbocycles. The highest BCUT2D eigenvalue weighted by molar-refractivity contribution is 6.16. The Bertz CT molecular complexity index is 1390. The number of hydrogen-bond acceptors (Lipinski definition) is 3. The monoisotopic (exact) mass is 492 g/mol. The molecule has 2 aliphatic heterocycles. The molecular weight excluding hydrogens is 465 g/mol. The summed E-state index contributed by atoms with van der Waals surface area (Å²) in [5.74, 6) is -1.09. The van der Waals surface area contributed by atoms with Gasteiger partial charge in [-0.05, 0) is 75.1 Å². The van der Waals surface area contributed by atoms with Crippen LogP contribution in [-0.2, 0) is 17.6 Å². The van der Waals surface area contributed by atoms with Crippen molar-refractivity contribution in [3.8, 4) is 16.9 Å². The molecule has 3 aromatic rings. The van der Waals surface area contributed by atoms with Crippen molar-refractivity contribution in [3.05, 3.63) is 82.9 Å². The van der Waals surface area contributed by atoms with Crippen molar-refractivity contribution in [2.45, 2.75) is 57.9 Å². The third kappa shape index (κ3) is 4.62. The molecule has 0 saturated heterocycles. The molecule has 0 aromatic heterocycles. The molecule has 0 spiro atoms. The lowest BCUT2D eigenvalue weighted by Gasteiger charge is -2.30. The number of benzene rings is 3. The Kier molecular flexibility index (Phi) is 5.50. The molecule has 186 valence electrons. The van der Waals surface area contributed by atoms with Gasteiger partial charge in [-0.15, -0.1) is 0 Å². The molecule has 0 unspecified atom stereocenters. The zero-order valence-electron chi connectivity index (χ0n) is 20.6. The number of nitrogens with one attached hydrogen (secondary N) is 1. The summed E-state index contributed by atoms with van der Waals surface area (Å²) in [6.45, 7) is 8.43. The molecule has 0 bridgehead atoms. The van der Waals surface area contributed by atoms with Crippen molar-refractivity contribution in [2.24, 2.45) is 4.99 Å². The van der Waals surface area contributed by atoms with Crippen molar-refractivity contribution in [1.82, 2.24) is 0 Å². The van der Waals surface area contributed by atoms with Crippen LogP contribution in [-0.4, -0.2) is 28.9 Å². The standard InChI is InChI=1S/C29H27F3N2O2/c1-27(2)15-20-10-13-23-22(16-28(3,4)36-23)24(20)25(34-27)19-7-5-6-18(14-19)17-8-11-21(12-9-17)33-26(35)29(30,31)32/h5-14H,15-16H2,1-4H3,(H,33,35). The van der Waals surface area contributed by atoms with Gasteiger partial charge in [0, 0.05) is 28.8 Å². The number of fused-ring (bicyclic) bond motifs is 3. The Hall–Kier alpha value is -3.61. The lowest BCUT2D eigenvalue weighted by Crippen LogP contribution is -2.30. The number of carbonyl (C=O) groups is 1. The third-order valence-corrected chi connectivity index (χ3v) is 6.49. The number of ether oxygens (including phenoxy) is 1. The van der Waals surface area contributed by atoms with E-state index < -0.39 is 12.1 Å². The van der Waals surface area contributed by atoms with Gasteiger partial charge >= 0.3 is 12.1 Å². The number of alkyl halides is 3. The lowest BCUT2D eigenvalue weighted by molar-refractivity contribution is -0.167. The van der Waals surface area contributed by atoms with E-state index in [9.17, 15) is 18.0 Å². The zero-order chi connectivity index (χ0) is 25.9. The summed E-state index contributed by atoms with van der Waals surface area (Å²) < 4.78 is 43.9. The average Bonchev–Trinajstić information content (AvgIpc) is 3.12. The quantitative estimate of drug-likeness (QED) is 0.440. The summed E-state index contributed by atoms with van der Waals surface area (Å²) in [4.78, 5) is 16.4. The van der Waals surface area contributed by atoms with E-state index in [0.717, 1.165) is 46.6 Å². The minimum Gasteiger partial charge on any atom is -0.487 e. The van der Waals surface area contributed by atoms with Crippen LogP contribution in [0.4, 0.5) is 18.9 Å². The van der Waals surface area contributed by atoms with Gasteiger partial charge in [0.1, 0.15) is 11.4 Å². The fraction of sp³-hybridized carbons (Fsp3) is 0.310. The van der Waals surface area contributed by atoms with Crippen LogP contribution in [0.3, 0.4) is 0 Å². The van der Waals surface area contributed by atoms with Crippen molar-refractivity contribution in [2.75, 3.05) is 5.32 Å². The van der Waals surface area contributed by atoms with Crippen molar-refractivity contribution < 1.29 is 22.7 Å². The Balaban J connectivity index is 1.52. The number of amides is 1. The summed E-state index contributed by atoms with van der Waals surface area (Å²) in [7, 11) is 0. The topological polar surface area (TPSA) is 50.7 Å².